The van der Waals surface area contributed by atoms with E-state index in [1.54, 1.807) is 0 Å². The third kappa shape index (κ3) is 4.65. The Hall–Kier alpha value is -1.74. The lowest BCUT2D eigenvalue weighted by atomic mass is 9.43. The van der Waals surface area contributed by atoms with Gasteiger partial charge in [-0.1, -0.05) is 0 Å². The summed E-state index contributed by atoms with van der Waals surface area (Å²) in [5.74, 6) is -0.291. The summed E-state index contributed by atoms with van der Waals surface area (Å²) >= 11 is 0. The maximum absolute atomic E-state index is 13.6. The molecule has 1 aromatic rings. The van der Waals surface area contributed by atoms with Gasteiger partial charge in [-0.3, -0.25) is 9.80 Å². The Morgan fingerprint density at radius 2 is 1.71 bits per heavy atom. The molecule has 6 aliphatic rings. The molecule has 10 nitrogen and oxygen atoms in total. The summed E-state index contributed by atoms with van der Waals surface area (Å²) in [6.45, 7) is 6.51. The van der Waals surface area contributed by atoms with Crippen LogP contribution in [0.1, 0.15) is 50.5 Å². The Morgan fingerprint density at radius 1 is 1.08 bits per heavy atom. The number of rotatable bonds is 8. The molecular weight excluding hydrogens is 521 g/mol. The van der Waals surface area contributed by atoms with Gasteiger partial charge >= 0.3 is 6.18 Å². The number of halogens is 3. The van der Waals surface area contributed by atoms with Crippen LogP contribution in [0, 0.1) is 0 Å². The number of hydrogen-bond donors (Lipinski definition) is 3. The molecule has 4 N–H and O–H groups in total. The van der Waals surface area contributed by atoms with Gasteiger partial charge in [0, 0.05) is 69.1 Å². The number of nitrogens with zero attached hydrogens (tertiary/aromatic N) is 5. The number of likely N-dealkylation sites (N-methyl/N-ethyl adjacent to an activating group) is 1. The average molecular weight is 559 g/mol. The molecule has 4 aliphatic carbocycles. The number of piperazine rings is 1. The SMILES string of the molecule is CN1CCN(C2CCN(C34CC(Nc5ncc(C(F)(F)F)c(NCC6(S(N)(=O)=O)CC6)n5)(C3)C4)CC2)CC1. The smallest absolute Gasteiger partial charge is 0.368 e. The van der Waals surface area contributed by atoms with Crippen LogP contribution in [-0.4, -0.2) is 108 Å². The summed E-state index contributed by atoms with van der Waals surface area (Å²) in [5.41, 5.74) is -1.03. The minimum absolute atomic E-state index is 0.128. The average Bonchev–Trinajstić information content (AvgIpc) is 3.61. The lowest BCUT2D eigenvalue weighted by Crippen LogP contribution is -2.82. The van der Waals surface area contributed by atoms with Gasteiger partial charge in [-0.05, 0) is 52.0 Å². The van der Waals surface area contributed by atoms with Crippen molar-refractivity contribution in [2.24, 2.45) is 5.14 Å². The fourth-order valence-corrected chi connectivity index (χ4v) is 8.01. The van der Waals surface area contributed by atoms with E-state index in [4.69, 9.17) is 5.14 Å². The van der Waals surface area contributed by atoms with Crippen LogP contribution in [0.15, 0.2) is 6.20 Å². The highest BCUT2D eigenvalue weighted by molar-refractivity contribution is 7.90. The predicted octanol–water partition coefficient (Wildman–Crippen LogP) is 1.53. The number of aromatic nitrogens is 2. The van der Waals surface area contributed by atoms with Crippen LogP contribution in [0.3, 0.4) is 0 Å². The molecule has 0 amide bonds. The maximum atomic E-state index is 13.6. The Kier molecular flexibility index (Phi) is 6.19. The van der Waals surface area contributed by atoms with Gasteiger partial charge in [0.05, 0.1) is 0 Å². The number of nitrogens with two attached hydrogens (primary N) is 1. The Morgan fingerprint density at radius 3 is 2.26 bits per heavy atom. The van der Waals surface area contributed by atoms with Gasteiger partial charge in [-0.2, -0.15) is 18.2 Å². The summed E-state index contributed by atoms with van der Waals surface area (Å²) in [5, 5.41) is 11.2. The van der Waals surface area contributed by atoms with Crippen molar-refractivity contribution in [1.82, 2.24) is 24.7 Å². The third-order valence-electron chi connectivity index (χ3n) is 9.65. The summed E-state index contributed by atoms with van der Waals surface area (Å²) in [6.07, 6.45) is 1.88. The molecule has 0 atom stereocenters. The summed E-state index contributed by atoms with van der Waals surface area (Å²) in [7, 11) is -1.70. The van der Waals surface area contributed by atoms with Crippen LogP contribution in [0.4, 0.5) is 24.9 Å². The van der Waals surface area contributed by atoms with Crippen molar-refractivity contribution in [2.75, 3.05) is 63.5 Å². The molecule has 4 saturated carbocycles. The number of nitrogens with one attached hydrogen (secondary N) is 2. The molecule has 2 saturated heterocycles. The lowest BCUT2D eigenvalue weighted by molar-refractivity contribution is -0.161. The molecule has 0 aromatic carbocycles. The largest absolute Gasteiger partial charge is 0.421 e. The highest BCUT2D eigenvalue weighted by Gasteiger charge is 2.70. The van der Waals surface area contributed by atoms with Gasteiger partial charge in [0.1, 0.15) is 16.1 Å². The number of hydrogen-bond acceptors (Lipinski definition) is 9. The molecule has 6 fully saturated rings. The first-order valence-corrected chi connectivity index (χ1v) is 15.0. The summed E-state index contributed by atoms with van der Waals surface area (Å²) in [4.78, 5) is 15.7. The lowest BCUT2D eigenvalue weighted by Gasteiger charge is -2.74. The quantitative estimate of drug-likeness (QED) is 0.436. The predicted molar refractivity (Wildman–Crippen MR) is 137 cm³/mol. The van der Waals surface area contributed by atoms with E-state index in [9.17, 15) is 21.6 Å². The number of piperidine rings is 1. The topological polar surface area (TPSA) is 120 Å². The second kappa shape index (κ2) is 8.88. The molecule has 0 radical (unpaired) electrons. The van der Waals surface area contributed by atoms with E-state index in [0.29, 0.717) is 18.9 Å². The zero-order valence-corrected chi connectivity index (χ0v) is 22.5. The van der Waals surface area contributed by atoms with E-state index >= 15 is 0 Å². The van der Waals surface area contributed by atoms with E-state index in [1.165, 1.54) is 12.8 Å². The molecule has 1 aromatic heterocycles. The first-order chi connectivity index (χ1) is 17.8. The standard InChI is InChI=1S/C24H37F3N8O2S/c1-33-8-10-34(11-9-33)17-2-6-35(7-3-17)22-13-21(14-22,15-22)32-20-29-12-18(24(25,26)27)19(31-20)30-16-23(4-5-23)38(28,36)37/h12,17H,2-11,13-16H2,1H3,(H2,28,36,37)(H2,29,30,31,32). The normalized spacial score (nSPS) is 32.3. The van der Waals surface area contributed by atoms with Gasteiger partial charge in [-0.25, -0.2) is 18.5 Å². The highest BCUT2D eigenvalue weighted by Crippen LogP contribution is 2.65. The monoisotopic (exact) mass is 558 g/mol. The van der Waals surface area contributed by atoms with Crippen molar-refractivity contribution in [2.45, 2.75) is 73.0 Å². The summed E-state index contributed by atoms with van der Waals surface area (Å²) in [6, 6.07) is 0.662. The molecule has 14 heteroatoms. The van der Waals surface area contributed by atoms with E-state index in [0.717, 1.165) is 64.7 Å². The Labute approximate surface area is 221 Å². The van der Waals surface area contributed by atoms with Crippen LogP contribution < -0.4 is 15.8 Å². The molecule has 38 heavy (non-hydrogen) atoms. The van der Waals surface area contributed by atoms with E-state index < -0.39 is 32.3 Å². The van der Waals surface area contributed by atoms with Gasteiger partial charge in [0.2, 0.25) is 16.0 Å². The number of likely N-dealkylation sites (tertiary alicyclic amines) is 1. The molecule has 212 valence electrons. The molecule has 0 spiro atoms. The molecule has 0 unspecified atom stereocenters. The number of primary sulfonamides is 1. The highest BCUT2D eigenvalue weighted by atomic mass is 32.2. The summed E-state index contributed by atoms with van der Waals surface area (Å²) < 4.78 is 63.3. The molecule has 7 rings (SSSR count). The molecule has 2 bridgehead atoms. The van der Waals surface area contributed by atoms with Gasteiger partial charge in [-0.15, -0.1) is 0 Å². The van der Waals surface area contributed by atoms with Gasteiger partial charge < -0.3 is 15.5 Å². The van der Waals surface area contributed by atoms with E-state index in [2.05, 4.69) is 42.3 Å². The van der Waals surface area contributed by atoms with E-state index in [-0.39, 0.29) is 23.6 Å². The number of anilines is 2. The Bertz CT molecular complexity index is 1160. The Balaban J connectivity index is 1.06. The first kappa shape index (κ1) is 26.5. The van der Waals surface area contributed by atoms with Crippen LogP contribution >= 0.6 is 0 Å². The fourth-order valence-electron chi connectivity index (χ4n) is 7.06. The number of alkyl halides is 3. The van der Waals surface area contributed by atoms with Crippen molar-refractivity contribution in [1.29, 1.82) is 0 Å². The maximum Gasteiger partial charge on any atom is 0.421 e. The molecule has 3 heterocycles. The third-order valence-corrected chi connectivity index (χ3v) is 11.4. The second-order valence-electron chi connectivity index (χ2n) is 12.3. The fraction of sp³-hybridized carbons (Fsp3) is 0.833. The van der Waals surface area contributed by atoms with Crippen molar-refractivity contribution in [3.05, 3.63) is 11.8 Å². The van der Waals surface area contributed by atoms with Crippen LogP contribution in [-0.2, 0) is 16.2 Å². The van der Waals surface area contributed by atoms with Crippen molar-refractivity contribution >= 4 is 21.8 Å². The zero-order chi connectivity index (χ0) is 27.0. The van der Waals surface area contributed by atoms with E-state index in [1.807, 2.05) is 0 Å². The molecular formula is C24H37F3N8O2S. The van der Waals surface area contributed by atoms with Crippen LogP contribution in [0.5, 0.6) is 0 Å². The van der Waals surface area contributed by atoms with Crippen molar-refractivity contribution in [3.63, 3.8) is 0 Å². The van der Waals surface area contributed by atoms with Crippen molar-refractivity contribution < 1.29 is 21.6 Å². The van der Waals surface area contributed by atoms with Crippen molar-refractivity contribution in [3.8, 4) is 0 Å². The number of sulfonamides is 1. The minimum Gasteiger partial charge on any atom is -0.368 e. The minimum atomic E-state index is -4.67. The van der Waals surface area contributed by atoms with Crippen LogP contribution in [0.25, 0.3) is 0 Å². The molecule has 2 aliphatic heterocycles. The second-order valence-corrected chi connectivity index (χ2v) is 14.2. The van der Waals surface area contributed by atoms with Crippen LogP contribution in [0.2, 0.25) is 0 Å². The zero-order valence-electron chi connectivity index (χ0n) is 21.7. The van der Waals surface area contributed by atoms with Gasteiger partial charge in [0.25, 0.3) is 0 Å². The first-order valence-electron chi connectivity index (χ1n) is 13.5. The van der Waals surface area contributed by atoms with Gasteiger partial charge in [0.15, 0.2) is 0 Å².